The normalized spacial score (nSPS) is 15.1. The van der Waals surface area contributed by atoms with Crippen molar-refractivity contribution < 1.29 is 0 Å². The van der Waals surface area contributed by atoms with Crippen LogP contribution in [0, 0.1) is 0 Å². The second-order valence-electron chi connectivity index (χ2n) is 7.28. The van der Waals surface area contributed by atoms with Crippen molar-refractivity contribution in [3.05, 3.63) is 72.9 Å². The van der Waals surface area contributed by atoms with Gasteiger partial charge >= 0.3 is 0 Å². The van der Waals surface area contributed by atoms with Gasteiger partial charge in [0.05, 0.1) is 11.4 Å². The average Bonchev–Trinajstić information content (AvgIpc) is 3.13. The van der Waals surface area contributed by atoms with Gasteiger partial charge in [0, 0.05) is 68.8 Å². The molecule has 4 aromatic rings. The van der Waals surface area contributed by atoms with Gasteiger partial charge in [0.2, 0.25) is 0 Å². The monoisotopic (exact) mass is 385 g/mol. The molecule has 0 spiro atoms. The molecule has 1 fully saturated rings. The zero-order chi connectivity index (χ0) is 19.6. The number of fused-ring (bicyclic) bond motifs is 1. The van der Waals surface area contributed by atoms with E-state index in [2.05, 4.69) is 30.2 Å². The summed E-state index contributed by atoms with van der Waals surface area (Å²) in [7, 11) is 0. The van der Waals surface area contributed by atoms with Crippen molar-refractivity contribution in [3.63, 3.8) is 0 Å². The minimum Gasteiger partial charge on any atom is -0.398 e. The first-order chi connectivity index (χ1) is 14.3. The minimum absolute atomic E-state index is 0.734. The molecule has 146 valence electrons. The van der Waals surface area contributed by atoms with Gasteiger partial charge in [0.25, 0.3) is 0 Å². The molecule has 0 bridgehead atoms. The number of nitrogen functional groups attached to an aromatic ring is 1. The Bertz CT molecular complexity index is 1100. The standard InChI is InChI=1S/C22H23N7/c23-18-4-5-21-26-22(17-6-9-24-10-7-17)19(29(21)15-18)16-27-11-13-28(14-12-27)20-3-1-2-8-25-20/h1-10,15H,11-14,16,23H2. The SMILES string of the molecule is Nc1ccc2nc(-c3ccncc3)c(CN3CCN(c4ccccn4)CC3)n2c1. The van der Waals surface area contributed by atoms with Crippen molar-refractivity contribution in [1.29, 1.82) is 0 Å². The van der Waals surface area contributed by atoms with E-state index >= 15 is 0 Å². The third-order valence-electron chi connectivity index (χ3n) is 5.41. The van der Waals surface area contributed by atoms with Gasteiger partial charge in [-0.25, -0.2) is 9.97 Å². The molecule has 1 saturated heterocycles. The lowest BCUT2D eigenvalue weighted by Gasteiger charge is -2.35. The summed E-state index contributed by atoms with van der Waals surface area (Å²) in [4.78, 5) is 18.3. The molecular weight excluding hydrogens is 362 g/mol. The van der Waals surface area contributed by atoms with Crippen LogP contribution in [0.3, 0.4) is 0 Å². The number of nitrogens with zero attached hydrogens (tertiary/aromatic N) is 6. The molecule has 1 aliphatic heterocycles. The van der Waals surface area contributed by atoms with Crippen molar-refractivity contribution in [3.8, 4) is 11.3 Å². The highest BCUT2D eigenvalue weighted by atomic mass is 15.3. The first-order valence-corrected chi connectivity index (χ1v) is 9.83. The van der Waals surface area contributed by atoms with Crippen molar-refractivity contribution >= 4 is 17.2 Å². The number of rotatable bonds is 4. The molecule has 5 heterocycles. The van der Waals surface area contributed by atoms with Crippen LogP contribution >= 0.6 is 0 Å². The lowest BCUT2D eigenvalue weighted by atomic mass is 10.1. The smallest absolute Gasteiger partial charge is 0.137 e. The van der Waals surface area contributed by atoms with Gasteiger partial charge in [-0.1, -0.05) is 6.07 Å². The summed E-state index contributed by atoms with van der Waals surface area (Å²) < 4.78 is 2.12. The van der Waals surface area contributed by atoms with E-state index in [0.717, 1.165) is 66.8 Å². The molecule has 0 aliphatic carbocycles. The molecule has 29 heavy (non-hydrogen) atoms. The Morgan fingerprint density at radius 3 is 2.48 bits per heavy atom. The van der Waals surface area contributed by atoms with Gasteiger partial charge < -0.3 is 15.0 Å². The Balaban J connectivity index is 1.42. The summed E-state index contributed by atoms with van der Waals surface area (Å²) in [5.41, 5.74) is 10.9. The van der Waals surface area contributed by atoms with Crippen molar-refractivity contribution in [2.24, 2.45) is 0 Å². The quantitative estimate of drug-likeness (QED) is 0.582. The molecule has 7 heteroatoms. The number of hydrogen-bond donors (Lipinski definition) is 1. The highest BCUT2D eigenvalue weighted by Gasteiger charge is 2.22. The topological polar surface area (TPSA) is 75.6 Å². The van der Waals surface area contributed by atoms with Crippen LogP contribution in [0.4, 0.5) is 11.5 Å². The molecule has 5 rings (SSSR count). The zero-order valence-electron chi connectivity index (χ0n) is 16.1. The fraction of sp³-hybridized carbons (Fsp3) is 0.227. The summed E-state index contributed by atoms with van der Waals surface area (Å²) >= 11 is 0. The van der Waals surface area contributed by atoms with Gasteiger partial charge in [0.15, 0.2) is 0 Å². The van der Waals surface area contributed by atoms with Crippen LogP contribution in [0.15, 0.2) is 67.3 Å². The van der Waals surface area contributed by atoms with Gasteiger partial charge in [-0.3, -0.25) is 9.88 Å². The van der Waals surface area contributed by atoms with Crippen molar-refractivity contribution in [2.45, 2.75) is 6.54 Å². The predicted molar refractivity (Wildman–Crippen MR) is 115 cm³/mol. The second kappa shape index (κ2) is 7.52. The van der Waals surface area contributed by atoms with Gasteiger partial charge in [-0.2, -0.15) is 0 Å². The minimum atomic E-state index is 0.734. The summed E-state index contributed by atoms with van der Waals surface area (Å²) in [6, 6.07) is 14.0. The zero-order valence-corrected chi connectivity index (χ0v) is 16.1. The first kappa shape index (κ1) is 17.6. The third kappa shape index (κ3) is 3.52. The Labute approximate surface area is 169 Å². The molecule has 2 N–H and O–H groups in total. The lowest BCUT2D eigenvalue weighted by molar-refractivity contribution is 0.246. The van der Waals surface area contributed by atoms with Crippen LogP contribution < -0.4 is 10.6 Å². The Hall–Kier alpha value is -3.45. The number of piperazine rings is 1. The number of hydrogen-bond acceptors (Lipinski definition) is 6. The number of pyridine rings is 3. The van der Waals surface area contributed by atoms with E-state index in [1.807, 2.05) is 61.2 Å². The van der Waals surface area contributed by atoms with E-state index in [0.29, 0.717) is 0 Å². The maximum atomic E-state index is 6.07. The van der Waals surface area contributed by atoms with Gasteiger partial charge in [-0.05, 0) is 36.4 Å². The number of imidazole rings is 1. The third-order valence-corrected chi connectivity index (χ3v) is 5.41. The summed E-state index contributed by atoms with van der Waals surface area (Å²) in [6.07, 6.45) is 7.43. The molecule has 0 amide bonds. The van der Waals surface area contributed by atoms with Crippen LogP contribution in [0.25, 0.3) is 16.9 Å². The Morgan fingerprint density at radius 1 is 0.897 bits per heavy atom. The van der Waals surface area contributed by atoms with E-state index in [4.69, 9.17) is 10.7 Å². The van der Waals surface area contributed by atoms with Gasteiger partial charge in [0.1, 0.15) is 11.5 Å². The summed E-state index contributed by atoms with van der Waals surface area (Å²) in [5, 5.41) is 0. The molecule has 0 saturated carbocycles. The lowest BCUT2D eigenvalue weighted by Crippen LogP contribution is -2.46. The molecule has 1 aliphatic rings. The van der Waals surface area contributed by atoms with Crippen LogP contribution in [0.5, 0.6) is 0 Å². The van der Waals surface area contributed by atoms with Crippen LogP contribution in [-0.2, 0) is 6.54 Å². The van der Waals surface area contributed by atoms with E-state index in [9.17, 15) is 0 Å². The van der Waals surface area contributed by atoms with E-state index in [-0.39, 0.29) is 0 Å². The molecule has 0 atom stereocenters. The van der Waals surface area contributed by atoms with E-state index < -0.39 is 0 Å². The first-order valence-electron chi connectivity index (χ1n) is 9.83. The van der Waals surface area contributed by atoms with E-state index in [1.165, 1.54) is 0 Å². The fourth-order valence-electron chi connectivity index (χ4n) is 3.89. The number of nitrogens with two attached hydrogens (primary N) is 1. The molecule has 4 aromatic heterocycles. The summed E-state index contributed by atoms with van der Waals surface area (Å²) in [6.45, 7) is 4.68. The number of aromatic nitrogens is 4. The predicted octanol–water partition coefficient (Wildman–Crippen LogP) is 2.70. The highest BCUT2D eigenvalue weighted by Crippen LogP contribution is 2.26. The van der Waals surface area contributed by atoms with Crippen LogP contribution in [0.2, 0.25) is 0 Å². The Kier molecular flexibility index (Phi) is 4.57. The molecule has 0 radical (unpaired) electrons. The van der Waals surface area contributed by atoms with Crippen molar-refractivity contribution in [1.82, 2.24) is 24.3 Å². The second-order valence-corrected chi connectivity index (χ2v) is 7.28. The number of anilines is 2. The Morgan fingerprint density at radius 2 is 1.72 bits per heavy atom. The maximum Gasteiger partial charge on any atom is 0.137 e. The fourth-order valence-corrected chi connectivity index (χ4v) is 3.89. The van der Waals surface area contributed by atoms with Crippen LogP contribution in [0.1, 0.15) is 5.69 Å². The maximum absolute atomic E-state index is 6.07. The average molecular weight is 385 g/mol. The van der Waals surface area contributed by atoms with Gasteiger partial charge in [-0.15, -0.1) is 0 Å². The van der Waals surface area contributed by atoms with Crippen molar-refractivity contribution in [2.75, 3.05) is 36.8 Å². The molecule has 0 aromatic carbocycles. The van der Waals surface area contributed by atoms with E-state index in [1.54, 1.807) is 0 Å². The highest BCUT2D eigenvalue weighted by molar-refractivity contribution is 5.67. The summed E-state index contributed by atoms with van der Waals surface area (Å²) in [5.74, 6) is 1.05. The molecule has 0 unspecified atom stereocenters. The largest absolute Gasteiger partial charge is 0.398 e. The molecule has 7 nitrogen and oxygen atoms in total. The van der Waals surface area contributed by atoms with Crippen LogP contribution in [-0.4, -0.2) is 50.4 Å². The molecular formula is C22H23N7.